The summed E-state index contributed by atoms with van der Waals surface area (Å²) >= 11 is 0. The molecule has 0 fully saturated rings. The Labute approximate surface area is 304 Å². The summed E-state index contributed by atoms with van der Waals surface area (Å²) in [5, 5.41) is 0.285. The van der Waals surface area contributed by atoms with Crippen LogP contribution in [0.15, 0.2) is 182 Å². The van der Waals surface area contributed by atoms with Crippen LogP contribution in [0.3, 0.4) is 0 Å². The topological polar surface area (TPSA) is 0 Å². The van der Waals surface area contributed by atoms with Gasteiger partial charge in [0.05, 0.1) is 24.7 Å². The molecule has 0 saturated heterocycles. The van der Waals surface area contributed by atoms with E-state index in [0.29, 0.717) is 5.56 Å². The van der Waals surface area contributed by atoms with Crippen LogP contribution in [0, 0.1) is 0 Å². The Hall–Kier alpha value is -6.24. The van der Waals surface area contributed by atoms with Crippen molar-refractivity contribution in [2.24, 2.45) is 0 Å². The van der Waals surface area contributed by atoms with Gasteiger partial charge in [-0.3, -0.25) is 0 Å². The Kier molecular flexibility index (Phi) is 3.26. The van der Waals surface area contributed by atoms with E-state index >= 15 is 0 Å². The lowest BCUT2D eigenvalue weighted by Crippen LogP contribution is -1.90. The molecule has 0 amide bonds. The van der Waals surface area contributed by atoms with Crippen molar-refractivity contribution in [2.75, 3.05) is 0 Å². The van der Waals surface area contributed by atoms with E-state index in [4.69, 9.17) is 11.0 Å². The molecule has 10 aromatic carbocycles. The van der Waals surface area contributed by atoms with Crippen LogP contribution in [0.25, 0.3) is 98.4 Å². The Bertz CT molecular complexity index is 3820. The van der Waals surface area contributed by atoms with Gasteiger partial charge in [-0.2, -0.15) is 0 Å². The minimum absolute atomic E-state index is 0.0192. The zero-order valence-corrected chi connectivity index (χ0v) is 24.9. The molecule has 0 bridgehead atoms. The van der Waals surface area contributed by atoms with Gasteiger partial charge in [-0.1, -0.05) is 175 Å². The maximum absolute atomic E-state index is 9.64. The van der Waals surface area contributed by atoms with Crippen LogP contribution in [-0.4, -0.2) is 0 Å². The Balaban J connectivity index is 1.32. The zero-order valence-electron chi connectivity index (χ0n) is 42.9. The molecule has 0 saturated carbocycles. The van der Waals surface area contributed by atoms with Crippen molar-refractivity contribution in [1.82, 2.24) is 0 Å². The summed E-state index contributed by atoms with van der Waals surface area (Å²) in [6.45, 7) is 0. The zero-order chi connectivity index (χ0) is 47.3. The van der Waals surface area contributed by atoms with E-state index in [0.717, 1.165) is 28.0 Å². The van der Waals surface area contributed by atoms with E-state index < -0.39 is 119 Å². The molecular weight excluding hydrogens is 577 g/mol. The molecule has 0 N–H and O–H groups in total. The second kappa shape index (κ2) is 10.7. The lowest BCUT2D eigenvalue weighted by Gasteiger charge is -2.17. The highest BCUT2D eigenvalue weighted by Gasteiger charge is 2.16. The Morgan fingerprint density at radius 2 is 0.854 bits per heavy atom. The third-order valence-corrected chi connectivity index (χ3v) is 8.77. The maximum Gasteiger partial charge on any atom is 0.0630 e. The fourth-order valence-corrected chi connectivity index (χ4v) is 6.54. The molecular formula is C48H30. The summed E-state index contributed by atoms with van der Waals surface area (Å²) in [7, 11) is 0. The SMILES string of the molecule is [2H]c1cc(-c2c([2H])c([2H])c(-c3c([2H])c([2H])c4c([2H])c([2H])c5c([2H])c([2H])c(-c6cccc(-c7cccc8ccccc78)c6)c6c([2H])c([2H])c3c4c56)c([2H])c2[2H])c2c([2H])c([2H])c([2H])c([2H])c2c1[2H]. The highest BCUT2D eigenvalue weighted by atomic mass is 14.2. The molecule has 0 aliphatic carbocycles. The first-order valence-electron chi connectivity index (χ1n) is 24.2. The molecule has 0 unspecified atom stereocenters. The standard InChI is InChI=1S/C48H30/c1-3-14-39-31(8-1)10-6-16-41(39)33-18-20-34(21-19-33)43-26-24-35-22-23-36-25-27-44(46-29-28-45(43)47(35)48(36)46)38-13-5-12-37(30-38)42-17-7-11-32-9-2-4-15-40(32)42/h1-30H/i1D,3D,6D,8D,10D,14D,18D,19D,20D,21D,22D,23D,24D,25D,26D,27D,28D,29D. The van der Waals surface area contributed by atoms with Crippen LogP contribution in [0.4, 0.5) is 0 Å². The van der Waals surface area contributed by atoms with Gasteiger partial charge >= 0.3 is 0 Å². The molecule has 0 aliphatic rings. The maximum atomic E-state index is 9.64. The Morgan fingerprint density at radius 3 is 1.62 bits per heavy atom. The van der Waals surface area contributed by atoms with Crippen LogP contribution in [-0.2, 0) is 0 Å². The minimum Gasteiger partial charge on any atom is -0.0616 e. The summed E-state index contributed by atoms with van der Waals surface area (Å²) in [5.74, 6) is 0. The van der Waals surface area contributed by atoms with Gasteiger partial charge in [0.15, 0.2) is 0 Å². The van der Waals surface area contributed by atoms with E-state index in [1.165, 1.54) is 0 Å². The van der Waals surface area contributed by atoms with E-state index in [-0.39, 0.29) is 60.3 Å². The molecule has 0 aliphatic heterocycles. The monoisotopic (exact) mass is 624 g/mol. The van der Waals surface area contributed by atoms with Crippen molar-refractivity contribution in [3.05, 3.63) is 182 Å². The molecule has 0 radical (unpaired) electrons. The van der Waals surface area contributed by atoms with E-state index in [1.807, 2.05) is 48.5 Å². The lowest BCUT2D eigenvalue weighted by molar-refractivity contribution is 1.62. The lowest BCUT2D eigenvalue weighted by atomic mass is 9.86. The van der Waals surface area contributed by atoms with E-state index in [9.17, 15) is 13.7 Å². The highest BCUT2D eigenvalue weighted by Crippen LogP contribution is 2.43. The summed E-state index contributed by atoms with van der Waals surface area (Å²) in [6, 6.07) is 10.4. The number of benzene rings is 10. The number of rotatable bonds is 4. The third-order valence-electron chi connectivity index (χ3n) is 8.77. The second-order valence-electron chi connectivity index (χ2n) is 11.4. The number of hydrogen-bond acceptors (Lipinski definition) is 0. The molecule has 0 atom stereocenters. The van der Waals surface area contributed by atoms with Gasteiger partial charge in [0.25, 0.3) is 0 Å². The fraction of sp³-hybridized carbons (Fsp3) is 0. The van der Waals surface area contributed by atoms with Gasteiger partial charge in [-0.25, -0.2) is 0 Å². The van der Waals surface area contributed by atoms with Crippen LogP contribution >= 0.6 is 0 Å². The van der Waals surface area contributed by atoms with Gasteiger partial charge in [0.2, 0.25) is 0 Å². The number of hydrogen-bond donors (Lipinski definition) is 0. The van der Waals surface area contributed by atoms with Crippen molar-refractivity contribution < 1.29 is 24.7 Å². The van der Waals surface area contributed by atoms with Crippen molar-refractivity contribution in [3.63, 3.8) is 0 Å². The van der Waals surface area contributed by atoms with Crippen molar-refractivity contribution in [2.45, 2.75) is 0 Å². The van der Waals surface area contributed by atoms with E-state index in [1.54, 1.807) is 18.2 Å². The first-order valence-corrected chi connectivity index (χ1v) is 15.2. The summed E-state index contributed by atoms with van der Waals surface area (Å²) in [4.78, 5) is 0. The van der Waals surface area contributed by atoms with Crippen LogP contribution in [0.5, 0.6) is 0 Å². The Morgan fingerprint density at radius 1 is 0.292 bits per heavy atom. The van der Waals surface area contributed by atoms with Gasteiger partial charge < -0.3 is 0 Å². The molecule has 0 nitrogen and oxygen atoms in total. The van der Waals surface area contributed by atoms with Gasteiger partial charge in [0.1, 0.15) is 0 Å². The quantitative estimate of drug-likeness (QED) is 0.171. The molecule has 10 aromatic rings. The predicted molar refractivity (Wildman–Crippen MR) is 207 cm³/mol. The predicted octanol–water partition coefficient (Wildman–Crippen LogP) is 13.6. The number of fused-ring (bicyclic) bond motifs is 2. The first kappa shape index (κ1) is 14.7. The molecule has 222 valence electrons. The molecule has 0 heterocycles. The van der Waals surface area contributed by atoms with Crippen molar-refractivity contribution in [1.29, 1.82) is 0 Å². The van der Waals surface area contributed by atoms with Crippen LogP contribution in [0.1, 0.15) is 24.7 Å². The average Bonchev–Trinajstić information content (AvgIpc) is 3.30. The van der Waals surface area contributed by atoms with Gasteiger partial charge in [-0.15, -0.1) is 0 Å². The summed E-state index contributed by atoms with van der Waals surface area (Å²) in [5.41, 5.74) is 0.285. The van der Waals surface area contributed by atoms with Gasteiger partial charge in [-0.05, 0) is 104 Å². The minimum atomic E-state index is -0.803. The molecule has 0 heteroatoms. The highest BCUT2D eigenvalue weighted by molar-refractivity contribution is 6.27. The van der Waals surface area contributed by atoms with Crippen molar-refractivity contribution >= 4 is 53.9 Å². The first-order chi connectivity index (χ1) is 31.3. The van der Waals surface area contributed by atoms with E-state index in [2.05, 4.69) is 0 Å². The second-order valence-corrected chi connectivity index (χ2v) is 11.4. The normalized spacial score (nSPS) is 17.0. The largest absolute Gasteiger partial charge is 0.0630 e. The smallest absolute Gasteiger partial charge is 0.0616 e. The third kappa shape index (κ3) is 4.16. The molecule has 48 heavy (non-hydrogen) atoms. The van der Waals surface area contributed by atoms with Crippen molar-refractivity contribution in [3.8, 4) is 44.5 Å². The average molecular weight is 625 g/mol. The molecule has 0 spiro atoms. The fourth-order valence-electron chi connectivity index (χ4n) is 6.54. The molecule has 0 aromatic heterocycles. The van der Waals surface area contributed by atoms with Crippen LogP contribution in [0.2, 0.25) is 0 Å². The summed E-state index contributed by atoms with van der Waals surface area (Å²) in [6.07, 6.45) is 0. The van der Waals surface area contributed by atoms with Gasteiger partial charge in [0, 0.05) is 0 Å². The molecule has 10 rings (SSSR count). The summed E-state index contributed by atoms with van der Waals surface area (Å²) < 4.78 is 163. The van der Waals surface area contributed by atoms with Crippen LogP contribution < -0.4 is 0 Å².